The Morgan fingerprint density at radius 3 is 1.89 bits per heavy atom. The van der Waals surface area contributed by atoms with E-state index in [2.05, 4.69) is 0 Å². The van der Waals surface area contributed by atoms with Crippen LogP contribution >= 0.6 is 0 Å². The molecule has 1 nitrogen and oxygen atoms in total. The van der Waals surface area contributed by atoms with Gasteiger partial charge in [-0.05, 0) is 12.3 Å². The molecule has 1 heteroatoms. The zero-order chi connectivity index (χ0) is 7.49. The fourth-order valence-corrected chi connectivity index (χ4v) is 0.471. The summed E-state index contributed by atoms with van der Waals surface area (Å²) in [5.74, 6) is 0. The third kappa shape index (κ3) is 3.31. The molecule has 0 spiro atoms. The zero-order valence-corrected chi connectivity index (χ0v) is 6.68. The van der Waals surface area contributed by atoms with E-state index in [1.54, 1.807) is 6.08 Å². The van der Waals surface area contributed by atoms with Crippen LogP contribution < -0.4 is 0 Å². The molecule has 0 saturated heterocycles. The molecule has 0 rings (SSSR count). The van der Waals surface area contributed by atoms with Crippen LogP contribution in [-0.2, 0) is 0 Å². The molecular weight excluding hydrogens is 112 g/mol. The predicted octanol–water partition coefficient (Wildman–Crippen LogP) is 1.97. The zero-order valence-electron chi connectivity index (χ0n) is 6.68. The summed E-state index contributed by atoms with van der Waals surface area (Å²) in [6, 6.07) is 0. The van der Waals surface area contributed by atoms with E-state index in [9.17, 15) is 5.11 Å². The first-order chi connectivity index (χ1) is 3.98. The highest BCUT2D eigenvalue weighted by molar-refractivity contribution is 4.92. The maximum absolute atomic E-state index is 9.30. The molecular formula is C8H16O. The molecule has 1 unspecified atom stereocenters. The van der Waals surface area contributed by atoms with Gasteiger partial charge in [-0.1, -0.05) is 32.9 Å². The predicted molar refractivity (Wildman–Crippen MR) is 40.3 cm³/mol. The molecule has 0 aliphatic carbocycles. The lowest BCUT2D eigenvalue weighted by Gasteiger charge is -2.22. The van der Waals surface area contributed by atoms with Gasteiger partial charge in [0.15, 0.2) is 0 Å². The van der Waals surface area contributed by atoms with E-state index >= 15 is 0 Å². The number of allylic oxidation sites excluding steroid dienone is 1. The van der Waals surface area contributed by atoms with Crippen LogP contribution in [0.3, 0.4) is 0 Å². The van der Waals surface area contributed by atoms with Gasteiger partial charge in [-0.15, -0.1) is 0 Å². The molecule has 0 fully saturated rings. The molecule has 0 aromatic heterocycles. The maximum atomic E-state index is 9.30. The second-order valence-corrected chi connectivity index (χ2v) is 3.34. The van der Waals surface area contributed by atoms with Gasteiger partial charge < -0.3 is 5.11 Å². The van der Waals surface area contributed by atoms with E-state index in [-0.39, 0.29) is 11.5 Å². The van der Waals surface area contributed by atoms with Crippen molar-refractivity contribution in [2.24, 2.45) is 5.41 Å². The average molecular weight is 128 g/mol. The van der Waals surface area contributed by atoms with E-state index in [0.29, 0.717) is 0 Å². The molecule has 0 radical (unpaired) electrons. The molecule has 0 aromatic carbocycles. The van der Waals surface area contributed by atoms with Crippen LogP contribution in [0.2, 0.25) is 0 Å². The smallest absolute Gasteiger partial charge is 0.0769 e. The first kappa shape index (κ1) is 8.70. The van der Waals surface area contributed by atoms with Crippen molar-refractivity contribution in [2.45, 2.75) is 33.8 Å². The highest BCUT2D eigenvalue weighted by Crippen LogP contribution is 2.19. The number of hydrogen-bond acceptors (Lipinski definition) is 1. The minimum absolute atomic E-state index is 0.0213. The number of rotatable bonds is 1. The quantitative estimate of drug-likeness (QED) is 0.535. The minimum Gasteiger partial charge on any atom is -0.388 e. The fraction of sp³-hybridized carbons (Fsp3) is 0.750. The second-order valence-electron chi connectivity index (χ2n) is 3.34. The Bertz CT molecular complexity index is 97.6. The van der Waals surface area contributed by atoms with Crippen molar-refractivity contribution in [2.75, 3.05) is 0 Å². The first-order valence-electron chi connectivity index (χ1n) is 3.29. The van der Waals surface area contributed by atoms with Crippen LogP contribution in [0.5, 0.6) is 0 Å². The maximum Gasteiger partial charge on any atom is 0.0769 e. The van der Waals surface area contributed by atoms with Gasteiger partial charge in [0, 0.05) is 0 Å². The van der Waals surface area contributed by atoms with E-state index in [1.807, 2.05) is 33.8 Å². The largest absolute Gasteiger partial charge is 0.388 e. The minimum atomic E-state index is -0.317. The normalized spacial score (nSPS) is 16.6. The van der Waals surface area contributed by atoms with Gasteiger partial charge in [0.1, 0.15) is 0 Å². The lowest BCUT2D eigenvalue weighted by Crippen LogP contribution is -2.23. The Hall–Kier alpha value is -0.300. The van der Waals surface area contributed by atoms with Gasteiger partial charge in [-0.2, -0.15) is 0 Å². The SMILES string of the molecule is C/C=C/C(O)C(C)(C)C. The molecule has 0 aliphatic heterocycles. The van der Waals surface area contributed by atoms with Crippen LogP contribution in [0.15, 0.2) is 12.2 Å². The summed E-state index contributed by atoms with van der Waals surface area (Å²) in [4.78, 5) is 0. The fourth-order valence-electron chi connectivity index (χ4n) is 0.471. The molecule has 0 saturated carbocycles. The topological polar surface area (TPSA) is 20.2 Å². The van der Waals surface area contributed by atoms with Crippen molar-refractivity contribution >= 4 is 0 Å². The lowest BCUT2D eigenvalue weighted by molar-refractivity contribution is 0.105. The highest BCUT2D eigenvalue weighted by atomic mass is 16.3. The summed E-state index contributed by atoms with van der Waals surface area (Å²) in [5, 5.41) is 9.30. The van der Waals surface area contributed by atoms with Crippen molar-refractivity contribution < 1.29 is 5.11 Å². The van der Waals surface area contributed by atoms with E-state index in [4.69, 9.17) is 0 Å². The monoisotopic (exact) mass is 128 g/mol. The number of hydrogen-bond donors (Lipinski definition) is 1. The third-order valence-corrected chi connectivity index (χ3v) is 1.26. The average Bonchev–Trinajstić information content (AvgIpc) is 1.64. The van der Waals surface area contributed by atoms with Crippen molar-refractivity contribution in [3.05, 3.63) is 12.2 Å². The summed E-state index contributed by atoms with van der Waals surface area (Å²) < 4.78 is 0. The molecule has 0 bridgehead atoms. The summed E-state index contributed by atoms with van der Waals surface area (Å²) in [5.41, 5.74) is -0.0213. The van der Waals surface area contributed by atoms with Crippen LogP contribution in [-0.4, -0.2) is 11.2 Å². The van der Waals surface area contributed by atoms with E-state index < -0.39 is 0 Å². The molecule has 1 atom stereocenters. The van der Waals surface area contributed by atoms with E-state index in [1.165, 1.54) is 0 Å². The summed E-state index contributed by atoms with van der Waals surface area (Å²) in [7, 11) is 0. The molecule has 54 valence electrons. The lowest BCUT2D eigenvalue weighted by atomic mass is 9.89. The first-order valence-corrected chi connectivity index (χ1v) is 3.29. The van der Waals surface area contributed by atoms with Crippen LogP contribution in [0.25, 0.3) is 0 Å². The Morgan fingerprint density at radius 1 is 1.33 bits per heavy atom. The third-order valence-electron chi connectivity index (χ3n) is 1.26. The van der Waals surface area contributed by atoms with E-state index in [0.717, 1.165) is 0 Å². The summed E-state index contributed by atoms with van der Waals surface area (Å²) in [6.45, 7) is 7.95. The molecule has 0 aromatic rings. The Kier molecular flexibility index (Phi) is 2.92. The van der Waals surface area contributed by atoms with Crippen molar-refractivity contribution in [3.8, 4) is 0 Å². The van der Waals surface area contributed by atoms with Gasteiger partial charge >= 0.3 is 0 Å². The van der Waals surface area contributed by atoms with Crippen molar-refractivity contribution in [1.29, 1.82) is 0 Å². The van der Waals surface area contributed by atoms with Crippen molar-refractivity contribution in [3.63, 3.8) is 0 Å². The van der Waals surface area contributed by atoms with Crippen LogP contribution in [0, 0.1) is 5.41 Å². The van der Waals surface area contributed by atoms with Gasteiger partial charge in [-0.3, -0.25) is 0 Å². The molecule has 0 amide bonds. The van der Waals surface area contributed by atoms with Gasteiger partial charge in [0.2, 0.25) is 0 Å². The van der Waals surface area contributed by atoms with Gasteiger partial charge in [0.05, 0.1) is 6.10 Å². The van der Waals surface area contributed by atoms with Crippen molar-refractivity contribution in [1.82, 2.24) is 0 Å². The second kappa shape index (κ2) is 3.02. The molecule has 0 aliphatic rings. The molecule has 9 heavy (non-hydrogen) atoms. The Morgan fingerprint density at radius 2 is 1.78 bits per heavy atom. The Balaban J connectivity index is 3.88. The van der Waals surface area contributed by atoms with Crippen LogP contribution in [0.1, 0.15) is 27.7 Å². The van der Waals surface area contributed by atoms with Crippen LogP contribution in [0.4, 0.5) is 0 Å². The molecule has 0 heterocycles. The van der Waals surface area contributed by atoms with Gasteiger partial charge in [0.25, 0.3) is 0 Å². The highest BCUT2D eigenvalue weighted by Gasteiger charge is 2.18. The molecule has 1 N–H and O–H groups in total. The number of aliphatic hydroxyl groups excluding tert-OH is 1. The van der Waals surface area contributed by atoms with Gasteiger partial charge in [-0.25, -0.2) is 0 Å². The standard InChI is InChI=1S/C8H16O/c1-5-6-7(9)8(2,3)4/h5-7,9H,1-4H3/b6-5+. The Labute approximate surface area is 57.4 Å². The number of aliphatic hydroxyl groups is 1. The summed E-state index contributed by atoms with van der Waals surface area (Å²) >= 11 is 0. The summed E-state index contributed by atoms with van der Waals surface area (Å²) in [6.07, 6.45) is 3.36.